The lowest BCUT2D eigenvalue weighted by Gasteiger charge is -2.10. The van der Waals surface area contributed by atoms with Crippen LogP contribution in [0.25, 0.3) is 16.6 Å². The second-order valence-corrected chi connectivity index (χ2v) is 8.34. The summed E-state index contributed by atoms with van der Waals surface area (Å²) in [5.74, 6) is -0.977. The predicted molar refractivity (Wildman–Crippen MR) is 128 cm³/mol. The molecule has 33 heavy (non-hydrogen) atoms. The van der Waals surface area contributed by atoms with Gasteiger partial charge in [0.05, 0.1) is 11.2 Å². The van der Waals surface area contributed by atoms with Gasteiger partial charge in [0, 0.05) is 42.0 Å². The summed E-state index contributed by atoms with van der Waals surface area (Å²) in [6.07, 6.45) is 7.56. The number of halogens is 3. The molecule has 2 aromatic carbocycles. The SMILES string of the molecule is Cl.Cn1c2c(c3ccc(-n4ccc(OCc5ccc(F)cc5F)cc4=O)cc31)CCCCC2. The highest BCUT2D eigenvalue weighted by atomic mass is 35.5. The molecule has 4 aromatic rings. The summed E-state index contributed by atoms with van der Waals surface area (Å²) in [6.45, 7) is -0.0869. The van der Waals surface area contributed by atoms with Gasteiger partial charge >= 0.3 is 0 Å². The second kappa shape index (κ2) is 9.40. The van der Waals surface area contributed by atoms with Gasteiger partial charge in [-0.3, -0.25) is 9.36 Å². The number of aromatic nitrogens is 2. The quantitative estimate of drug-likeness (QED) is 0.349. The van der Waals surface area contributed by atoms with Crippen LogP contribution in [0.3, 0.4) is 0 Å². The Kier molecular flexibility index (Phi) is 6.56. The number of rotatable bonds is 4. The first-order valence-corrected chi connectivity index (χ1v) is 10.9. The zero-order valence-electron chi connectivity index (χ0n) is 18.3. The minimum absolute atomic E-state index is 0. The monoisotopic (exact) mass is 470 g/mol. The lowest BCUT2D eigenvalue weighted by molar-refractivity contribution is 0.298. The third kappa shape index (κ3) is 4.40. The van der Waals surface area contributed by atoms with Crippen LogP contribution in [-0.4, -0.2) is 9.13 Å². The van der Waals surface area contributed by atoms with Crippen molar-refractivity contribution in [2.24, 2.45) is 7.05 Å². The van der Waals surface area contributed by atoms with Crippen LogP contribution in [0.15, 0.2) is 59.5 Å². The first kappa shape index (κ1) is 23.1. The lowest BCUT2D eigenvalue weighted by atomic mass is 10.1. The summed E-state index contributed by atoms with van der Waals surface area (Å²) in [5, 5.41) is 1.27. The molecule has 1 aliphatic rings. The molecule has 0 aliphatic heterocycles. The molecule has 0 saturated carbocycles. The Morgan fingerprint density at radius 3 is 2.58 bits per heavy atom. The summed E-state index contributed by atoms with van der Waals surface area (Å²) in [5.41, 5.74) is 4.75. The average Bonchev–Trinajstić information content (AvgIpc) is 2.93. The highest BCUT2D eigenvalue weighted by molar-refractivity contribution is 5.87. The van der Waals surface area contributed by atoms with Crippen LogP contribution in [0.2, 0.25) is 0 Å². The van der Waals surface area contributed by atoms with Gasteiger partial charge in [0.1, 0.15) is 24.0 Å². The smallest absolute Gasteiger partial charge is 0.258 e. The normalized spacial score (nSPS) is 13.3. The van der Waals surface area contributed by atoms with E-state index in [0.717, 1.165) is 30.1 Å². The van der Waals surface area contributed by atoms with Gasteiger partial charge in [-0.1, -0.05) is 12.5 Å². The van der Waals surface area contributed by atoms with E-state index in [0.29, 0.717) is 5.75 Å². The molecule has 172 valence electrons. The van der Waals surface area contributed by atoms with Gasteiger partial charge in [-0.25, -0.2) is 8.78 Å². The number of benzene rings is 2. The summed E-state index contributed by atoms with van der Waals surface area (Å²) >= 11 is 0. The van der Waals surface area contributed by atoms with Crippen molar-refractivity contribution in [3.63, 3.8) is 0 Å². The summed E-state index contributed by atoms with van der Waals surface area (Å²) in [7, 11) is 2.10. The van der Waals surface area contributed by atoms with Gasteiger partial charge in [-0.2, -0.15) is 0 Å². The molecule has 7 heteroatoms. The van der Waals surface area contributed by atoms with Crippen LogP contribution in [0.5, 0.6) is 5.75 Å². The number of aryl methyl sites for hydroxylation is 2. The molecule has 2 heterocycles. The molecule has 0 N–H and O–H groups in total. The lowest BCUT2D eigenvalue weighted by Crippen LogP contribution is -2.16. The first-order chi connectivity index (χ1) is 15.5. The molecule has 1 aliphatic carbocycles. The minimum Gasteiger partial charge on any atom is -0.489 e. The van der Waals surface area contributed by atoms with Crippen molar-refractivity contribution in [3.05, 3.63) is 93.5 Å². The second-order valence-electron chi connectivity index (χ2n) is 8.34. The van der Waals surface area contributed by atoms with Gasteiger partial charge < -0.3 is 9.30 Å². The predicted octanol–water partition coefficient (Wildman–Crippen LogP) is 5.88. The topological polar surface area (TPSA) is 36.2 Å². The maximum Gasteiger partial charge on any atom is 0.258 e. The fourth-order valence-electron chi connectivity index (χ4n) is 4.64. The van der Waals surface area contributed by atoms with Gasteiger partial charge in [0.15, 0.2) is 0 Å². The van der Waals surface area contributed by atoms with E-state index in [-0.39, 0.29) is 30.1 Å². The third-order valence-electron chi connectivity index (χ3n) is 6.34. The fourth-order valence-corrected chi connectivity index (χ4v) is 4.64. The molecule has 4 nitrogen and oxygen atoms in total. The zero-order valence-corrected chi connectivity index (χ0v) is 19.1. The molecule has 0 atom stereocenters. The van der Waals surface area contributed by atoms with Gasteiger partial charge in [0.2, 0.25) is 0 Å². The molecular formula is C26H25ClF2N2O2. The Labute approximate surface area is 196 Å². The summed E-state index contributed by atoms with van der Waals surface area (Å²) in [6, 6.07) is 12.5. The highest BCUT2D eigenvalue weighted by Gasteiger charge is 2.18. The number of hydrogen-bond donors (Lipinski definition) is 0. The first-order valence-electron chi connectivity index (χ1n) is 10.9. The highest BCUT2D eigenvalue weighted by Crippen LogP contribution is 2.32. The van der Waals surface area contributed by atoms with Crippen LogP contribution >= 0.6 is 12.4 Å². The van der Waals surface area contributed by atoms with Crippen molar-refractivity contribution >= 4 is 23.3 Å². The van der Waals surface area contributed by atoms with E-state index in [1.165, 1.54) is 54.1 Å². The molecule has 0 saturated heterocycles. The van der Waals surface area contributed by atoms with E-state index in [1.807, 2.05) is 6.07 Å². The van der Waals surface area contributed by atoms with Crippen molar-refractivity contribution in [1.82, 2.24) is 9.13 Å². The number of fused-ring (bicyclic) bond motifs is 3. The van der Waals surface area contributed by atoms with Crippen LogP contribution < -0.4 is 10.3 Å². The van der Waals surface area contributed by atoms with Crippen molar-refractivity contribution in [1.29, 1.82) is 0 Å². The molecule has 0 amide bonds. The van der Waals surface area contributed by atoms with E-state index >= 15 is 0 Å². The molecule has 0 bridgehead atoms. The van der Waals surface area contributed by atoms with Crippen molar-refractivity contribution in [3.8, 4) is 11.4 Å². The number of pyridine rings is 1. The Balaban J connectivity index is 0.00000259. The standard InChI is InChI=1S/C26H24F2N2O2.ClH/c1-29-24-6-4-2-3-5-21(24)22-10-9-19(14-25(22)29)30-12-11-20(15-26(30)31)32-16-17-7-8-18(27)13-23(17)28;/h7-15H,2-6,16H2,1H3;1H. The molecule has 0 spiro atoms. The minimum atomic E-state index is -0.674. The maximum atomic E-state index is 13.8. The van der Waals surface area contributed by atoms with Gasteiger partial charge in [0.25, 0.3) is 5.56 Å². The number of nitrogens with zero attached hydrogens (tertiary/aromatic N) is 2. The molecule has 2 aromatic heterocycles. The Morgan fingerprint density at radius 1 is 0.970 bits per heavy atom. The van der Waals surface area contributed by atoms with Crippen molar-refractivity contribution < 1.29 is 13.5 Å². The summed E-state index contributed by atoms with van der Waals surface area (Å²) < 4.78 is 36.2. The fraction of sp³-hybridized carbons (Fsp3) is 0.269. The third-order valence-corrected chi connectivity index (χ3v) is 6.34. The van der Waals surface area contributed by atoms with Crippen LogP contribution in [0, 0.1) is 11.6 Å². The zero-order chi connectivity index (χ0) is 22.2. The largest absolute Gasteiger partial charge is 0.489 e. The van der Waals surface area contributed by atoms with Crippen LogP contribution in [0.4, 0.5) is 8.78 Å². The summed E-state index contributed by atoms with van der Waals surface area (Å²) in [4.78, 5) is 12.8. The maximum absolute atomic E-state index is 13.8. The molecular weight excluding hydrogens is 446 g/mol. The number of hydrogen-bond acceptors (Lipinski definition) is 2. The van der Waals surface area contributed by atoms with Crippen molar-refractivity contribution in [2.45, 2.75) is 38.7 Å². The Bertz CT molecular complexity index is 1380. The molecule has 5 rings (SSSR count). The Morgan fingerprint density at radius 2 is 1.79 bits per heavy atom. The molecule has 0 radical (unpaired) electrons. The van der Waals surface area contributed by atoms with E-state index in [4.69, 9.17) is 4.74 Å². The van der Waals surface area contributed by atoms with Crippen LogP contribution in [-0.2, 0) is 26.5 Å². The average molecular weight is 471 g/mol. The van der Waals surface area contributed by atoms with E-state index in [2.05, 4.69) is 23.7 Å². The van der Waals surface area contributed by atoms with Gasteiger partial charge in [-0.15, -0.1) is 12.4 Å². The number of ether oxygens (including phenoxy) is 1. The van der Waals surface area contributed by atoms with Crippen LogP contribution in [0.1, 0.15) is 36.1 Å². The van der Waals surface area contributed by atoms with E-state index in [1.54, 1.807) is 16.8 Å². The van der Waals surface area contributed by atoms with Crippen molar-refractivity contribution in [2.75, 3.05) is 0 Å². The van der Waals surface area contributed by atoms with Gasteiger partial charge in [-0.05, 0) is 61.6 Å². The molecule has 0 unspecified atom stereocenters. The molecule has 0 fully saturated rings. The van der Waals surface area contributed by atoms with E-state index in [9.17, 15) is 13.6 Å². The Hall–Kier alpha value is -3.12. The van der Waals surface area contributed by atoms with E-state index < -0.39 is 11.6 Å².